The third-order valence-corrected chi connectivity index (χ3v) is 3.15. The second-order valence-electron chi connectivity index (χ2n) is 4.35. The molecule has 4 nitrogen and oxygen atoms in total. The van der Waals surface area contributed by atoms with Crippen LogP contribution in [-0.2, 0) is 0 Å². The van der Waals surface area contributed by atoms with Crippen molar-refractivity contribution < 1.29 is 4.79 Å². The van der Waals surface area contributed by atoms with Gasteiger partial charge in [0.1, 0.15) is 0 Å². The Morgan fingerprint density at radius 3 is 2.58 bits per heavy atom. The van der Waals surface area contributed by atoms with E-state index in [2.05, 4.69) is 10.1 Å². The molecule has 1 amide bonds. The van der Waals surface area contributed by atoms with Crippen LogP contribution in [0.2, 0.25) is 0 Å². The van der Waals surface area contributed by atoms with Crippen molar-refractivity contribution in [1.29, 1.82) is 0 Å². The number of hydrogen-bond donors (Lipinski definition) is 0. The zero-order valence-corrected chi connectivity index (χ0v) is 10.3. The molecule has 0 aliphatic carbocycles. The molecule has 0 saturated carbocycles. The van der Waals surface area contributed by atoms with Crippen LogP contribution in [0.1, 0.15) is 28.4 Å². The second-order valence-corrected chi connectivity index (χ2v) is 4.35. The van der Waals surface area contributed by atoms with Crippen LogP contribution in [0.25, 0.3) is 0 Å². The fraction of sp³-hybridized carbons (Fsp3) is 0.133. The number of pyridine rings is 1. The van der Waals surface area contributed by atoms with Gasteiger partial charge in [-0.15, -0.1) is 0 Å². The molecule has 94 valence electrons. The zero-order chi connectivity index (χ0) is 13.1. The third-order valence-electron chi connectivity index (χ3n) is 3.15. The maximum atomic E-state index is 12.4. The SMILES string of the molecule is O=C(c1ccncc1)N1N=CCC1c1ccccc1. The highest BCUT2D eigenvalue weighted by Gasteiger charge is 2.28. The molecule has 0 radical (unpaired) electrons. The third kappa shape index (κ3) is 2.25. The van der Waals surface area contributed by atoms with Crippen molar-refractivity contribution in [3.8, 4) is 0 Å². The topological polar surface area (TPSA) is 45.6 Å². The van der Waals surface area contributed by atoms with E-state index >= 15 is 0 Å². The first kappa shape index (κ1) is 11.6. The molecule has 4 heteroatoms. The standard InChI is InChI=1S/C15H13N3O/c19-15(13-6-9-16-10-7-13)18-14(8-11-17-18)12-4-2-1-3-5-12/h1-7,9-11,14H,8H2. The summed E-state index contributed by atoms with van der Waals surface area (Å²) in [5.74, 6) is -0.0926. The molecule has 1 aliphatic heterocycles. The number of rotatable bonds is 2. The van der Waals surface area contributed by atoms with Crippen LogP contribution in [0.3, 0.4) is 0 Å². The molecular weight excluding hydrogens is 238 g/mol. The van der Waals surface area contributed by atoms with E-state index in [1.807, 2.05) is 30.3 Å². The Hall–Kier alpha value is -2.49. The van der Waals surface area contributed by atoms with Gasteiger partial charge in [0.15, 0.2) is 0 Å². The predicted molar refractivity (Wildman–Crippen MR) is 72.7 cm³/mol. The molecule has 19 heavy (non-hydrogen) atoms. The van der Waals surface area contributed by atoms with Crippen LogP contribution in [0.4, 0.5) is 0 Å². The average molecular weight is 251 g/mol. The van der Waals surface area contributed by atoms with Crippen molar-refractivity contribution in [3.63, 3.8) is 0 Å². The molecule has 0 bridgehead atoms. The summed E-state index contributed by atoms with van der Waals surface area (Å²) >= 11 is 0. The molecule has 1 unspecified atom stereocenters. The van der Waals surface area contributed by atoms with Gasteiger partial charge in [-0.1, -0.05) is 30.3 Å². The number of carbonyl (C=O) groups excluding carboxylic acids is 1. The van der Waals surface area contributed by atoms with Crippen LogP contribution < -0.4 is 0 Å². The van der Waals surface area contributed by atoms with Crippen LogP contribution in [0.15, 0.2) is 60.0 Å². The fourth-order valence-corrected chi connectivity index (χ4v) is 2.19. The van der Waals surface area contributed by atoms with Crippen molar-refractivity contribution in [3.05, 3.63) is 66.0 Å². The molecule has 2 heterocycles. The number of hydrogen-bond acceptors (Lipinski definition) is 3. The van der Waals surface area contributed by atoms with Crippen molar-refractivity contribution >= 4 is 12.1 Å². The number of hydrazone groups is 1. The van der Waals surface area contributed by atoms with E-state index < -0.39 is 0 Å². The van der Waals surface area contributed by atoms with E-state index in [0.29, 0.717) is 5.56 Å². The molecule has 1 aliphatic rings. The Morgan fingerprint density at radius 1 is 1.11 bits per heavy atom. The highest BCUT2D eigenvalue weighted by atomic mass is 16.2. The van der Waals surface area contributed by atoms with E-state index in [4.69, 9.17) is 0 Å². The van der Waals surface area contributed by atoms with E-state index in [1.165, 1.54) is 0 Å². The molecule has 1 aromatic heterocycles. The quantitative estimate of drug-likeness (QED) is 0.823. The van der Waals surface area contributed by atoms with Gasteiger partial charge in [0.05, 0.1) is 6.04 Å². The van der Waals surface area contributed by atoms with Crippen molar-refractivity contribution in [2.24, 2.45) is 5.10 Å². The van der Waals surface area contributed by atoms with Crippen LogP contribution >= 0.6 is 0 Å². The van der Waals surface area contributed by atoms with Crippen molar-refractivity contribution in [2.75, 3.05) is 0 Å². The molecule has 3 rings (SSSR count). The summed E-state index contributed by atoms with van der Waals surface area (Å²) in [7, 11) is 0. The Kier molecular flexibility index (Phi) is 3.06. The van der Waals surface area contributed by atoms with Gasteiger partial charge in [-0.05, 0) is 17.7 Å². The molecule has 1 aromatic carbocycles. The summed E-state index contributed by atoms with van der Waals surface area (Å²) in [4.78, 5) is 16.3. The lowest BCUT2D eigenvalue weighted by Crippen LogP contribution is -2.27. The first-order valence-electron chi connectivity index (χ1n) is 6.17. The first-order chi connectivity index (χ1) is 9.36. The van der Waals surface area contributed by atoms with E-state index in [1.54, 1.807) is 35.7 Å². The molecule has 2 aromatic rings. The molecule has 0 fully saturated rings. The van der Waals surface area contributed by atoms with Gasteiger partial charge in [0.25, 0.3) is 5.91 Å². The van der Waals surface area contributed by atoms with Gasteiger partial charge in [0, 0.05) is 30.6 Å². The van der Waals surface area contributed by atoms with Gasteiger partial charge in [-0.2, -0.15) is 5.10 Å². The van der Waals surface area contributed by atoms with E-state index in [0.717, 1.165) is 12.0 Å². The smallest absolute Gasteiger partial charge is 0.267 e. The maximum absolute atomic E-state index is 12.4. The summed E-state index contributed by atoms with van der Waals surface area (Å²) in [5.41, 5.74) is 1.71. The lowest BCUT2D eigenvalue weighted by atomic mass is 10.0. The molecule has 0 spiro atoms. The minimum absolute atomic E-state index is 0.0122. The maximum Gasteiger partial charge on any atom is 0.274 e. The Balaban J connectivity index is 1.88. The minimum Gasteiger partial charge on any atom is -0.267 e. The summed E-state index contributed by atoms with van der Waals surface area (Å²) in [6.07, 6.45) is 5.77. The average Bonchev–Trinajstić information content (AvgIpc) is 2.98. The van der Waals surface area contributed by atoms with Gasteiger partial charge in [0.2, 0.25) is 0 Å². The van der Waals surface area contributed by atoms with E-state index in [-0.39, 0.29) is 11.9 Å². The lowest BCUT2D eigenvalue weighted by molar-refractivity contribution is 0.0711. The molecular formula is C15H13N3O. The first-order valence-corrected chi connectivity index (χ1v) is 6.17. The second kappa shape index (κ2) is 5.02. The van der Waals surface area contributed by atoms with Crippen molar-refractivity contribution in [1.82, 2.24) is 9.99 Å². The minimum atomic E-state index is -0.0926. The van der Waals surface area contributed by atoms with Gasteiger partial charge < -0.3 is 0 Å². The zero-order valence-electron chi connectivity index (χ0n) is 10.3. The van der Waals surface area contributed by atoms with E-state index in [9.17, 15) is 4.79 Å². The fourth-order valence-electron chi connectivity index (χ4n) is 2.19. The normalized spacial score (nSPS) is 17.7. The summed E-state index contributed by atoms with van der Waals surface area (Å²) in [6, 6.07) is 13.4. The monoisotopic (exact) mass is 251 g/mol. The van der Waals surface area contributed by atoms with Crippen LogP contribution in [0.5, 0.6) is 0 Å². The van der Waals surface area contributed by atoms with Crippen LogP contribution in [0, 0.1) is 0 Å². The number of amides is 1. The number of aromatic nitrogens is 1. The Morgan fingerprint density at radius 2 is 1.84 bits per heavy atom. The predicted octanol–water partition coefficient (Wildman–Crippen LogP) is 2.65. The Labute approximate surface area is 111 Å². The number of nitrogens with zero attached hydrogens (tertiary/aromatic N) is 3. The summed E-state index contributed by atoms with van der Waals surface area (Å²) in [5, 5.41) is 5.75. The van der Waals surface area contributed by atoms with Gasteiger partial charge in [-0.25, -0.2) is 5.01 Å². The number of carbonyl (C=O) groups is 1. The lowest BCUT2D eigenvalue weighted by Gasteiger charge is -2.22. The number of benzene rings is 1. The highest BCUT2D eigenvalue weighted by molar-refractivity contribution is 5.95. The van der Waals surface area contributed by atoms with Gasteiger partial charge in [-0.3, -0.25) is 9.78 Å². The largest absolute Gasteiger partial charge is 0.274 e. The Bertz CT molecular complexity index is 595. The summed E-state index contributed by atoms with van der Waals surface area (Å²) in [6.45, 7) is 0. The highest BCUT2D eigenvalue weighted by Crippen LogP contribution is 2.29. The molecule has 0 N–H and O–H groups in total. The molecule has 0 saturated heterocycles. The van der Waals surface area contributed by atoms with Gasteiger partial charge >= 0.3 is 0 Å². The summed E-state index contributed by atoms with van der Waals surface area (Å²) < 4.78 is 0. The van der Waals surface area contributed by atoms with Crippen LogP contribution in [-0.4, -0.2) is 22.1 Å². The van der Waals surface area contributed by atoms with Crippen molar-refractivity contribution in [2.45, 2.75) is 12.5 Å². The molecule has 1 atom stereocenters.